The van der Waals surface area contributed by atoms with Crippen LogP contribution in [0.4, 0.5) is 0 Å². The van der Waals surface area contributed by atoms with Gasteiger partial charge in [0.2, 0.25) is 0 Å². The first-order chi connectivity index (χ1) is 20.8. The molecule has 0 saturated heterocycles. The highest BCUT2D eigenvalue weighted by Crippen LogP contribution is 2.75. The largest absolute Gasteiger partial charge is 0.253 e. The van der Waals surface area contributed by atoms with Crippen LogP contribution in [0.2, 0.25) is 0 Å². The van der Waals surface area contributed by atoms with Crippen LogP contribution in [0.5, 0.6) is 0 Å². The van der Waals surface area contributed by atoms with E-state index in [1.54, 1.807) is 37.2 Å². The highest BCUT2D eigenvalue weighted by atomic mass is 31.3. The van der Waals surface area contributed by atoms with E-state index in [2.05, 4.69) is 0 Å². The van der Waals surface area contributed by atoms with E-state index in [0.29, 0.717) is 0 Å². The molecule has 6 aromatic rings. The molecule has 0 bridgehead atoms. The number of hydrogen-bond donors (Lipinski definition) is 0. The lowest BCUT2D eigenvalue weighted by Gasteiger charge is -2.35. The van der Waals surface area contributed by atoms with Crippen LogP contribution in [0.15, 0.2) is 160 Å². The summed E-state index contributed by atoms with van der Waals surface area (Å²) >= 11 is 0. The minimum atomic E-state index is -3.13. The normalized spacial score (nSPS) is 16.3. The standard InChI is InChI=1S/C30H24N9P3/c1-7-19-31-25(13-1)40(26-14-2-8-20-32-26)37-41(27-15-3-9-21-33-27,28-16-4-10-22-34-28)39-42(38-40,29-17-5-11-23-35-29)30-18-6-12-24-36-30/h1-24H. The zero-order valence-electron chi connectivity index (χ0n) is 22.2. The molecule has 1 aliphatic rings. The lowest BCUT2D eigenvalue weighted by molar-refractivity contribution is 1.33. The maximum atomic E-state index is 5.78. The van der Waals surface area contributed by atoms with Gasteiger partial charge in [0.25, 0.3) is 0 Å². The van der Waals surface area contributed by atoms with Crippen molar-refractivity contribution in [1.82, 2.24) is 29.9 Å². The van der Waals surface area contributed by atoms with Crippen molar-refractivity contribution in [3.63, 3.8) is 0 Å². The van der Waals surface area contributed by atoms with Crippen LogP contribution in [0.1, 0.15) is 0 Å². The molecule has 1 aliphatic heterocycles. The van der Waals surface area contributed by atoms with Crippen LogP contribution in [0.3, 0.4) is 0 Å². The first-order valence-corrected chi connectivity index (χ1v) is 18.2. The predicted octanol–water partition coefficient (Wildman–Crippen LogP) is 4.67. The molecule has 0 aliphatic carbocycles. The molecule has 0 saturated carbocycles. The predicted molar refractivity (Wildman–Crippen MR) is 171 cm³/mol. The molecule has 0 atom stereocenters. The Morgan fingerprint density at radius 1 is 0.262 bits per heavy atom. The van der Waals surface area contributed by atoms with E-state index < -0.39 is 21.6 Å². The van der Waals surface area contributed by atoms with Crippen LogP contribution >= 0.6 is 21.6 Å². The molecule has 12 heteroatoms. The number of nitrogens with zero attached hydrogens (tertiary/aromatic N) is 9. The Bertz CT molecular complexity index is 1610. The second kappa shape index (κ2) is 11.1. The zero-order chi connectivity index (χ0) is 28.3. The molecule has 0 amide bonds. The molecule has 0 fully saturated rings. The Kier molecular flexibility index (Phi) is 7.01. The van der Waals surface area contributed by atoms with E-state index in [4.69, 9.17) is 43.5 Å². The van der Waals surface area contributed by atoms with E-state index in [9.17, 15) is 0 Å². The molecule has 6 aromatic heterocycles. The van der Waals surface area contributed by atoms with Crippen molar-refractivity contribution in [3.8, 4) is 0 Å². The number of aromatic nitrogens is 6. The Hall–Kier alpha value is -4.41. The molecule has 0 spiro atoms. The van der Waals surface area contributed by atoms with Gasteiger partial charge in [0, 0.05) is 37.2 Å². The third-order valence-corrected chi connectivity index (χ3v) is 18.2. The van der Waals surface area contributed by atoms with Gasteiger partial charge in [0.05, 0.1) is 0 Å². The maximum absolute atomic E-state index is 5.78. The van der Waals surface area contributed by atoms with Crippen LogP contribution in [0.25, 0.3) is 0 Å². The van der Waals surface area contributed by atoms with E-state index in [-0.39, 0.29) is 0 Å². The summed E-state index contributed by atoms with van der Waals surface area (Å²) in [5, 5.41) is 0. The van der Waals surface area contributed by atoms with Crippen molar-refractivity contribution in [2.75, 3.05) is 0 Å². The average Bonchev–Trinajstić information content (AvgIpc) is 3.10. The fraction of sp³-hybridized carbons (Fsp3) is 0. The van der Waals surface area contributed by atoms with Crippen molar-refractivity contribution < 1.29 is 0 Å². The Morgan fingerprint density at radius 2 is 0.452 bits per heavy atom. The summed E-state index contributed by atoms with van der Waals surface area (Å²) < 4.78 is 17.3. The van der Waals surface area contributed by atoms with Gasteiger partial charge in [-0.3, -0.25) is 29.9 Å². The number of rotatable bonds is 6. The number of pyridine rings is 6. The van der Waals surface area contributed by atoms with E-state index in [1.165, 1.54) is 0 Å². The lowest BCUT2D eigenvalue weighted by Crippen LogP contribution is -2.29. The van der Waals surface area contributed by atoms with E-state index in [1.807, 2.05) is 109 Å². The average molecular weight is 604 g/mol. The van der Waals surface area contributed by atoms with Crippen LogP contribution in [-0.4, -0.2) is 29.9 Å². The summed E-state index contributed by atoms with van der Waals surface area (Å²) in [7, 11) is -9.38. The van der Waals surface area contributed by atoms with E-state index in [0.717, 1.165) is 32.6 Å². The molecule has 7 rings (SSSR count). The molecule has 0 N–H and O–H groups in total. The lowest BCUT2D eigenvalue weighted by atomic mass is 10.5. The van der Waals surface area contributed by atoms with Gasteiger partial charge in [-0.15, -0.1) is 0 Å². The van der Waals surface area contributed by atoms with Gasteiger partial charge in [0.15, 0.2) is 21.6 Å². The quantitative estimate of drug-likeness (QED) is 0.256. The monoisotopic (exact) mass is 603 g/mol. The van der Waals surface area contributed by atoms with Gasteiger partial charge in [-0.2, -0.15) is 0 Å². The van der Waals surface area contributed by atoms with Crippen LogP contribution in [0, 0.1) is 0 Å². The molecule has 42 heavy (non-hydrogen) atoms. The second-order valence-corrected chi connectivity index (χ2v) is 17.7. The maximum Gasteiger partial charge on any atom is 0.173 e. The van der Waals surface area contributed by atoms with Gasteiger partial charge >= 0.3 is 0 Å². The van der Waals surface area contributed by atoms with Gasteiger partial charge in [0.1, 0.15) is 32.6 Å². The minimum absolute atomic E-state index is 0.728. The summed E-state index contributed by atoms with van der Waals surface area (Å²) in [4.78, 5) is 29.3. The first-order valence-electron chi connectivity index (χ1n) is 13.2. The smallest absolute Gasteiger partial charge is 0.173 e. The Labute approximate surface area is 243 Å². The second-order valence-electron chi connectivity index (χ2n) is 9.20. The highest BCUT2D eigenvalue weighted by molar-refractivity contribution is 8.00. The Morgan fingerprint density at radius 3 is 0.595 bits per heavy atom. The van der Waals surface area contributed by atoms with Gasteiger partial charge in [-0.25, -0.2) is 13.5 Å². The summed E-state index contributed by atoms with van der Waals surface area (Å²) in [5.41, 5.74) is 4.37. The summed E-state index contributed by atoms with van der Waals surface area (Å²) in [5.74, 6) is 0. The Balaban J connectivity index is 1.80. The molecule has 204 valence electrons. The molecule has 0 aromatic carbocycles. The third kappa shape index (κ3) is 4.47. The van der Waals surface area contributed by atoms with Gasteiger partial charge in [-0.05, 0) is 72.8 Å². The molecular formula is C30H24N9P3. The van der Waals surface area contributed by atoms with Crippen molar-refractivity contribution in [1.29, 1.82) is 0 Å². The fourth-order valence-electron chi connectivity index (χ4n) is 4.75. The highest BCUT2D eigenvalue weighted by Gasteiger charge is 2.45. The fourth-order valence-corrected chi connectivity index (χ4v) is 18.9. The first kappa shape index (κ1) is 26.5. The summed E-state index contributed by atoms with van der Waals surface area (Å²) in [6.45, 7) is 0. The SMILES string of the molecule is c1ccc(P2(c3ccccn3)=NP(c3ccccn3)(c3ccccn3)=NP(c3ccccn3)(c3ccccn3)=N2)nc1. The van der Waals surface area contributed by atoms with Gasteiger partial charge < -0.3 is 0 Å². The molecule has 9 nitrogen and oxygen atoms in total. The van der Waals surface area contributed by atoms with Crippen LogP contribution < -0.4 is 32.6 Å². The summed E-state index contributed by atoms with van der Waals surface area (Å²) in [6.07, 6.45) is 10.7. The molecule has 0 radical (unpaired) electrons. The van der Waals surface area contributed by atoms with Gasteiger partial charge in [-0.1, -0.05) is 36.4 Å². The van der Waals surface area contributed by atoms with E-state index >= 15 is 0 Å². The topological polar surface area (TPSA) is 114 Å². The number of hydrogen-bond acceptors (Lipinski definition) is 9. The van der Waals surface area contributed by atoms with Crippen molar-refractivity contribution in [3.05, 3.63) is 146 Å². The van der Waals surface area contributed by atoms with Crippen molar-refractivity contribution in [2.45, 2.75) is 0 Å². The van der Waals surface area contributed by atoms with Crippen molar-refractivity contribution in [2.24, 2.45) is 13.5 Å². The minimum Gasteiger partial charge on any atom is -0.253 e. The zero-order valence-corrected chi connectivity index (χ0v) is 24.9. The molecular weight excluding hydrogens is 579 g/mol. The molecule has 0 unspecified atom stereocenters. The van der Waals surface area contributed by atoms with Crippen LogP contribution in [-0.2, 0) is 0 Å². The third-order valence-electron chi connectivity index (χ3n) is 6.59. The summed E-state index contributed by atoms with van der Waals surface area (Å²) in [6, 6.07) is 35.1. The van der Waals surface area contributed by atoms with Crippen molar-refractivity contribution >= 4 is 54.2 Å². The molecule has 7 heterocycles.